The molecule has 2 N–H and O–H groups in total. The van der Waals surface area contributed by atoms with Crippen molar-refractivity contribution < 1.29 is 9.47 Å². The third-order valence-corrected chi connectivity index (χ3v) is 4.30. The summed E-state index contributed by atoms with van der Waals surface area (Å²) in [6.07, 6.45) is 0. The molecule has 0 fully saturated rings. The van der Waals surface area contributed by atoms with E-state index < -0.39 is 0 Å². The van der Waals surface area contributed by atoms with Crippen molar-refractivity contribution in [2.75, 3.05) is 6.61 Å². The van der Waals surface area contributed by atoms with Crippen LogP contribution in [0.15, 0.2) is 45.3 Å². The molecule has 0 bridgehead atoms. The van der Waals surface area contributed by atoms with Crippen LogP contribution in [-0.4, -0.2) is 6.61 Å². The number of ether oxygens (including phenoxy) is 2. The molecule has 3 nitrogen and oxygen atoms in total. The van der Waals surface area contributed by atoms with Gasteiger partial charge in [0.25, 0.3) is 0 Å². The monoisotopic (exact) mass is 413 g/mol. The number of hydrogen-bond donors (Lipinski definition) is 1. The largest absolute Gasteiger partial charge is 0.490 e. The zero-order chi connectivity index (χ0) is 15.2. The molecule has 21 heavy (non-hydrogen) atoms. The molecule has 0 saturated heterocycles. The summed E-state index contributed by atoms with van der Waals surface area (Å²) < 4.78 is 13.5. The van der Waals surface area contributed by atoms with Gasteiger partial charge in [0.2, 0.25) is 0 Å². The van der Waals surface area contributed by atoms with Crippen LogP contribution in [0.5, 0.6) is 11.5 Å². The average Bonchev–Trinajstić information content (AvgIpc) is 2.48. The summed E-state index contributed by atoms with van der Waals surface area (Å²) in [5.41, 5.74) is 7.77. The van der Waals surface area contributed by atoms with Crippen molar-refractivity contribution in [1.82, 2.24) is 0 Å². The van der Waals surface area contributed by atoms with Crippen molar-refractivity contribution in [2.45, 2.75) is 20.1 Å². The molecule has 0 aliphatic heterocycles. The molecular formula is C16H17Br2NO2. The number of nitrogens with two attached hydrogens (primary N) is 1. The summed E-state index contributed by atoms with van der Waals surface area (Å²) in [7, 11) is 0. The lowest BCUT2D eigenvalue weighted by Crippen LogP contribution is -2.03. The van der Waals surface area contributed by atoms with E-state index in [0.717, 1.165) is 20.1 Å². The van der Waals surface area contributed by atoms with Crippen molar-refractivity contribution in [3.05, 3.63) is 56.5 Å². The molecule has 0 amide bonds. The first-order chi connectivity index (χ1) is 10.2. The highest BCUT2D eigenvalue weighted by molar-refractivity contribution is 9.10. The van der Waals surface area contributed by atoms with Gasteiger partial charge in [-0.3, -0.25) is 0 Å². The maximum Gasteiger partial charge on any atom is 0.175 e. The van der Waals surface area contributed by atoms with Crippen LogP contribution in [0.3, 0.4) is 0 Å². The molecule has 112 valence electrons. The van der Waals surface area contributed by atoms with Crippen molar-refractivity contribution in [3.63, 3.8) is 0 Å². The van der Waals surface area contributed by atoms with Gasteiger partial charge in [-0.1, -0.05) is 34.1 Å². The first kappa shape index (κ1) is 16.3. The van der Waals surface area contributed by atoms with Crippen LogP contribution in [0.4, 0.5) is 0 Å². The molecule has 0 unspecified atom stereocenters. The standard InChI is InChI=1S/C16H17Br2NO2/c1-2-20-15-8-11(9-19)7-14(18)16(15)21-10-12-5-3-4-6-13(12)17/h3-8H,2,9-10,19H2,1H3. The summed E-state index contributed by atoms with van der Waals surface area (Å²) in [5, 5.41) is 0. The Kier molecular flexibility index (Phi) is 6.08. The lowest BCUT2D eigenvalue weighted by atomic mass is 10.2. The van der Waals surface area contributed by atoms with Crippen LogP contribution in [0.2, 0.25) is 0 Å². The van der Waals surface area contributed by atoms with Crippen LogP contribution in [0, 0.1) is 0 Å². The maximum atomic E-state index is 5.94. The topological polar surface area (TPSA) is 44.5 Å². The number of rotatable bonds is 6. The first-order valence-electron chi connectivity index (χ1n) is 6.67. The van der Waals surface area contributed by atoms with Crippen LogP contribution in [-0.2, 0) is 13.2 Å². The summed E-state index contributed by atoms with van der Waals surface area (Å²) in [6, 6.07) is 11.9. The van der Waals surface area contributed by atoms with Gasteiger partial charge in [-0.05, 0) is 46.6 Å². The maximum absolute atomic E-state index is 5.94. The molecule has 0 heterocycles. The molecule has 5 heteroatoms. The summed E-state index contributed by atoms with van der Waals surface area (Å²) >= 11 is 7.05. The SMILES string of the molecule is CCOc1cc(CN)cc(Br)c1OCc1ccccc1Br. The van der Waals surface area contributed by atoms with Gasteiger partial charge in [0.1, 0.15) is 6.61 Å². The normalized spacial score (nSPS) is 10.5. The minimum absolute atomic E-state index is 0.460. The molecule has 2 rings (SSSR count). The average molecular weight is 415 g/mol. The molecule has 2 aromatic rings. The zero-order valence-corrected chi connectivity index (χ0v) is 14.9. The molecule has 0 radical (unpaired) electrons. The molecule has 0 aliphatic carbocycles. The Labute approximate surface area is 141 Å². The highest BCUT2D eigenvalue weighted by atomic mass is 79.9. The van der Waals surface area contributed by atoms with Gasteiger partial charge in [-0.15, -0.1) is 0 Å². The van der Waals surface area contributed by atoms with E-state index in [1.54, 1.807) is 0 Å². The van der Waals surface area contributed by atoms with E-state index in [1.807, 2.05) is 43.3 Å². The van der Waals surface area contributed by atoms with Gasteiger partial charge in [-0.25, -0.2) is 0 Å². The molecular weight excluding hydrogens is 398 g/mol. The van der Waals surface area contributed by atoms with Gasteiger partial charge in [-0.2, -0.15) is 0 Å². The molecule has 0 atom stereocenters. The minimum Gasteiger partial charge on any atom is -0.490 e. The third kappa shape index (κ3) is 4.22. The predicted octanol–water partition coefficient (Wildman–Crippen LogP) is 4.65. The van der Waals surface area contributed by atoms with Gasteiger partial charge in [0.05, 0.1) is 11.1 Å². The van der Waals surface area contributed by atoms with Gasteiger partial charge >= 0.3 is 0 Å². The van der Waals surface area contributed by atoms with Gasteiger partial charge in [0.15, 0.2) is 11.5 Å². The summed E-state index contributed by atoms with van der Waals surface area (Å²) in [5.74, 6) is 1.41. The van der Waals surface area contributed by atoms with Crippen LogP contribution in [0.1, 0.15) is 18.1 Å². The lowest BCUT2D eigenvalue weighted by Gasteiger charge is -2.15. The van der Waals surface area contributed by atoms with E-state index in [0.29, 0.717) is 31.3 Å². The van der Waals surface area contributed by atoms with E-state index >= 15 is 0 Å². The van der Waals surface area contributed by atoms with E-state index in [2.05, 4.69) is 31.9 Å². The van der Waals surface area contributed by atoms with E-state index in [-0.39, 0.29) is 0 Å². The minimum atomic E-state index is 0.460. The Hall–Kier alpha value is -1.04. The van der Waals surface area contributed by atoms with Crippen LogP contribution in [0.25, 0.3) is 0 Å². The Bertz CT molecular complexity index is 617. The Morgan fingerprint density at radius 1 is 1.05 bits per heavy atom. The molecule has 0 aliphatic rings. The highest BCUT2D eigenvalue weighted by Gasteiger charge is 2.12. The zero-order valence-electron chi connectivity index (χ0n) is 11.7. The second-order valence-corrected chi connectivity index (χ2v) is 6.13. The van der Waals surface area contributed by atoms with Crippen molar-refractivity contribution >= 4 is 31.9 Å². The van der Waals surface area contributed by atoms with Crippen LogP contribution < -0.4 is 15.2 Å². The third-order valence-electron chi connectivity index (χ3n) is 2.93. The van der Waals surface area contributed by atoms with Crippen molar-refractivity contribution in [3.8, 4) is 11.5 Å². The number of halogens is 2. The second-order valence-electron chi connectivity index (χ2n) is 4.42. The van der Waals surface area contributed by atoms with Crippen molar-refractivity contribution in [2.24, 2.45) is 5.73 Å². The van der Waals surface area contributed by atoms with Crippen molar-refractivity contribution in [1.29, 1.82) is 0 Å². The fourth-order valence-electron chi connectivity index (χ4n) is 1.91. The fourth-order valence-corrected chi connectivity index (χ4v) is 2.91. The highest BCUT2D eigenvalue weighted by Crippen LogP contribution is 2.37. The summed E-state index contributed by atoms with van der Waals surface area (Å²) in [4.78, 5) is 0. The second kappa shape index (κ2) is 7.82. The fraction of sp³-hybridized carbons (Fsp3) is 0.250. The first-order valence-corrected chi connectivity index (χ1v) is 8.25. The molecule has 2 aromatic carbocycles. The Morgan fingerprint density at radius 3 is 2.48 bits per heavy atom. The van der Waals surface area contributed by atoms with E-state index in [4.69, 9.17) is 15.2 Å². The Balaban J connectivity index is 2.24. The number of benzene rings is 2. The van der Waals surface area contributed by atoms with Gasteiger partial charge < -0.3 is 15.2 Å². The Morgan fingerprint density at radius 2 is 1.81 bits per heavy atom. The van der Waals surface area contributed by atoms with E-state index in [1.165, 1.54) is 0 Å². The molecule has 0 aromatic heterocycles. The smallest absolute Gasteiger partial charge is 0.175 e. The summed E-state index contributed by atoms with van der Waals surface area (Å²) in [6.45, 7) is 3.44. The number of hydrogen-bond acceptors (Lipinski definition) is 3. The predicted molar refractivity (Wildman–Crippen MR) is 91.7 cm³/mol. The van der Waals surface area contributed by atoms with E-state index in [9.17, 15) is 0 Å². The lowest BCUT2D eigenvalue weighted by molar-refractivity contribution is 0.267. The van der Waals surface area contributed by atoms with Crippen LogP contribution >= 0.6 is 31.9 Å². The van der Waals surface area contributed by atoms with Gasteiger partial charge in [0, 0.05) is 16.6 Å². The quantitative estimate of drug-likeness (QED) is 0.748. The molecule has 0 saturated carbocycles. The molecule has 0 spiro atoms.